The van der Waals surface area contributed by atoms with Crippen LogP contribution in [0.4, 0.5) is 11.4 Å². The number of hydrogen-bond donors (Lipinski definition) is 2. The van der Waals surface area contributed by atoms with Crippen molar-refractivity contribution in [2.24, 2.45) is 5.92 Å². The number of rotatable bonds is 5. The van der Waals surface area contributed by atoms with Gasteiger partial charge in [-0.3, -0.25) is 0 Å². The van der Waals surface area contributed by atoms with Crippen LogP contribution in [0.5, 0.6) is 0 Å². The highest BCUT2D eigenvalue weighted by Crippen LogP contribution is 2.32. The molecule has 0 radical (unpaired) electrons. The van der Waals surface area contributed by atoms with Gasteiger partial charge in [-0.05, 0) is 37.8 Å². The highest BCUT2D eigenvalue weighted by atomic mass is 16.5. The number of nitrogens with two attached hydrogens (primary N) is 1. The second kappa shape index (κ2) is 7.34. The largest absolute Gasteiger partial charge is 0.462 e. The quantitative estimate of drug-likeness (QED) is 0.639. The molecule has 0 aliphatic heterocycles. The second-order valence-corrected chi connectivity index (χ2v) is 5.69. The summed E-state index contributed by atoms with van der Waals surface area (Å²) in [4.78, 5) is 12.1. The monoisotopic (exact) mass is 290 g/mol. The third kappa shape index (κ3) is 3.69. The maximum absolute atomic E-state index is 12.1. The molecule has 2 atom stereocenters. The SMILES string of the molecule is CCOC(=O)c1cccc(N)c1NC1CCCCC1CC. The lowest BCUT2D eigenvalue weighted by Crippen LogP contribution is -2.32. The molecule has 0 bridgehead atoms. The van der Waals surface area contributed by atoms with Gasteiger partial charge in [0.15, 0.2) is 0 Å². The number of hydrogen-bond acceptors (Lipinski definition) is 4. The van der Waals surface area contributed by atoms with Gasteiger partial charge in [-0.2, -0.15) is 0 Å². The molecule has 1 aliphatic rings. The Balaban J connectivity index is 2.23. The van der Waals surface area contributed by atoms with Crippen LogP contribution in [0.15, 0.2) is 18.2 Å². The minimum atomic E-state index is -0.309. The van der Waals surface area contributed by atoms with E-state index in [4.69, 9.17) is 10.5 Å². The van der Waals surface area contributed by atoms with Gasteiger partial charge in [0.25, 0.3) is 0 Å². The molecular weight excluding hydrogens is 264 g/mol. The number of ether oxygens (including phenoxy) is 1. The standard InChI is InChI=1S/C17H26N2O2/c1-3-12-8-5-6-11-15(12)19-16-13(17(20)21-4-2)9-7-10-14(16)18/h7,9-10,12,15,19H,3-6,8,11,18H2,1-2H3. The minimum Gasteiger partial charge on any atom is -0.462 e. The summed E-state index contributed by atoms with van der Waals surface area (Å²) < 4.78 is 5.13. The summed E-state index contributed by atoms with van der Waals surface area (Å²) in [6.07, 6.45) is 6.06. The summed E-state index contributed by atoms with van der Waals surface area (Å²) in [5.74, 6) is 0.338. The van der Waals surface area contributed by atoms with Crippen molar-refractivity contribution in [3.8, 4) is 0 Å². The molecule has 0 spiro atoms. The third-order valence-electron chi connectivity index (χ3n) is 4.36. The Morgan fingerprint density at radius 1 is 1.33 bits per heavy atom. The van der Waals surface area contributed by atoms with E-state index < -0.39 is 0 Å². The van der Waals surface area contributed by atoms with Gasteiger partial charge in [-0.15, -0.1) is 0 Å². The van der Waals surface area contributed by atoms with E-state index in [0.717, 1.165) is 18.5 Å². The summed E-state index contributed by atoms with van der Waals surface area (Å²) in [6, 6.07) is 5.79. The molecule has 0 saturated heterocycles. The van der Waals surface area contributed by atoms with Crippen LogP contribution in [-0.4, -0.2) is 18.6 Å². The fourth-order valence-electron chi connectivity index (χ4n) is 3.18. The van der Waals surface area contributed by atoms with E-state index in [-0.39, 0.29) is 5.97 Å². The van der Waals surface area contributed by atoms with Crippen LogP contribution in [0.1, 0.15) is 56.3 Å². The molecule has 116 valence electrons. The van der Waals surface area contributed by atoms with E-state index in [0.29, 0.717) is 29.8 Å². The predicted molar refractivity (Wildman–Crippen MR) is 86.5 cm³/mol. The van der Waals surface area contributed by atoms with E-state index in [1.807, 2.05) is 13.0 Å². The van der Waals surface area contributed by atoms with Gasteiger partial charge in [0.05, 0.1) is 23.5 Å². The Labute approximate surface area is 127 Å². The lowest BCUT2D eigenvalue weighted by atomic mass is 9.82. The van der Waals surface area contributed by atoms with Crippen LogP contribution in [0.25, 0.3) is 0 Å². The molecule has 1 aliphatic carbocycles. The first kappa shape index (κ1) is 15.7. The average molecular weight is 290 g/mol. The zero-order valence-corrected chi connectivity index (χ0v) is 13.0. The van der Waals surface area contributed by atoms with Crippen molar-refractivity contribution in [1.29, 1.82) is 0 Å². The lowest BCUT2D eigenvalue weighted by Gasteiger charge is -2.33. The first-order valence-electron chi connectivity index (χ1n) is 7.99. The van der Waals surface area contributed by atoms with Crippen molar-refractivity contribution < 1.29 is 9.53 Å². The van der Waals surface area contributed by atoms with Gasteiger partial charge in [0, 0.05) is 6.04 Å². The molecule has 1 aromatic rings. The van der Waals surface area contributed by atoms with Crippen molar-refractivity contribution >= 4 is 17.3 Å². The zero-order valence-electron chi connectivity index (χ0n) is 13.0. The van der Waals surface area contributed by atoms with E-state index >= 15 is 0 Å². The molecule has 4 heteroatoms. The van der Waals surface area contributed by atoms with Crippen LogP contribution >= 0.6 is 0 Å². The van der Waals surface area contributed by atoms with Crippen LogP contribution in [-0.2, 0) is 4.74 Å². The van der Waals surface area contributed by atoms with E-state index in [1.165, 1.54) is 19.3 Å². The molecule has 2 rings (SSSR count). The molecule has 3 N–H and O–H groups in total. The summed E-state index contributed by atoms with van der Waals surface area (Å²) in [7, 11) is 0. The first-order valence-corrected chi connectivity index (χ1v) is 7.99. The Morgan fingerprint density at radius 2 is 2.10 bits per heavy atom. The van der Waals surface area contributed by atoms with Crippen LogP contribution in [0, 0.1) is 5.92 Å². The van der Waals surface area contributed by atoms with Crippen LogP contribution in [0.2, 0.25) is 0 Å². The highest BCUT2D eigenvalue weighted by molar-refractivity contribution is 5.98. The number of nitrogens with one attached hydrogen (secondary N) is 1. The van der Waals surface area contributed by atoms with E-state index in [1.54, 1.807) is 12.1 Å². The Hall–Kier alpha value is -1.71. The van der Waals surface area contributed by atoms with Crippen molar-refractivity contribution in [2.45, 2.75) is 52.0 Å². The lowest BCUT2D eigenvalue weighted by molar-refractivity contribution is 0.0527. The van der Waals surface area contributed by atoms with Crippen LogP contribution in [0.3, 0.4) is 0 Å². The summed E-state index contributed by atoms with van der Waals surface area (Å²) in [6.45, 7) is 4.41. The van der Waals surface area contributed by atoms with Gasteiger partial charge in [0.2, 0.25) is 0 Å². The fraction of sp³-hybridized carbons (Fsp3) is 0.588. The zero-order chi connectivity index (χ0) is 15.2. The maximum Gasteiger partial charge on any atom is 0.340 e. The predicted octanol–water partition coefficient (Wildman–Crippen LogP) is 3.83. The van der Waals surface area contributed by atoms with Gasteiger partial charge in [0.1, 0.15) is 0 Å². The van der Waals surface area contributed by atoms with Gasteiger partial charge >= 0.3 is 5.97 Å². The Bertz CT molecular complexity index is 488. The normalized spacial score (nSPS) is 21.8. The van der Waals surface area contributed by atoms with Crippen molar-refractivity contribution in [1.82, 2.24) is 0 Å². The topological polar surface area (TPSA) is 64.3 Å². The molecule has 1 fully saturated rings. The van der Waals surface area contributed by atoms with E-state index in [2.05, 4.69) is 12.2 Å². The number of anilines is 2. The number of para-hydroxylation sites is 1. The van der Waals surface area contributed by atoms with Gasteiger partial charge in [-0.25, -0.2) is 4.79 Å². The molecular formula is C17H26N2O2. The van der Waals surface area contributed by atoms with Crippen molar-refractivity contribution in [3.05, 3.63) is 23.8 Å². The fourth-order valence-corrected chi connectivity index (χ4v) is 3.18. The van der Waals surface area contributed by atoms with Crippen molar-refractivity contribution in [2.75, 3.05) is 17.7 Å². The van der Waals surface area contributed by atoms with E-state index in [9.17, 15) is 4.79 Å². The maximum atomic E-state index is 12.1. The first-order chi connectivity index (χ1) is 10.2. The number of carbonyl (C=O) groups excluding carboxylic acids is 1. The summed E-state index contributed by atoms with van der Waals surface area (Å²) in [5, 5.41) is 3.53. The molecule has 21 heavy (non-hydrogen) atoms. The van der Waals surface area contributed by atoms with Crippen LogP contribution < -0.4 is 11.1 Å². The molecule has 4 nitrogen and oxygen atoms in total. The molecule has 1 saturated carbocycles. The molecule has 0 heterocycles. The molecule has 0 aromatic heterocycles. The molecule has 1 aromatic carbocycles. The molecule has 2 unspecified atom stereocenters. The number of benzene rings is 1. The smallest absolute Gasteiger partial charge is 0.340 e. The number of esters is 1. The average Bonchev–Trinajstić information content (AvgIpc) is 2.50. The minimum absolute atomic E-state index is 0.309. The van der Waals surface area contributed by atoms with Crippen molar-refractivity contribution in [3.63, 3.8) is 0 Å². The summed E-state index contributed by atoms with van der Waals surface area (Å²) >= 11 is 0. The Morgan fingerprint density at radius 3 is 2.81 bits per heavy atom. The van der Waals surface area contributed by atoms with Gasteiger partial charge < -0.3 is 15.8 Å². The third-order valence-corrected chi connectivity index (χ3v) is 4.36. The Kier molecular flexibility index (Phi) is 5.48. The number of carbonyl (C=O) groups is 1. The second-order valence-electron chi connectivity index (χ2n) is 5.69. The number of nitrogen functional groups attached to an aromatic ring is 1. The summed E-state index contributed by atoms with van der Waals surface area (Å²) in [5.41, 5.74) is 7.98. The molecule has 0 amide bonds. The van der Waals surface area contributed by atoms with Gasteiger partial charge in [-0.1, -0.05) is 32.3 Å². The highest BCUT2D eigenvalue weighted by Gasteiger charge is 2.25.